The van der Waals surface area contributed by atoms with Gasteiger partial charge in [0.1, 0.15) is 11.6 Å². The molecule has 0 atom stereocenters. The third-order valence-electron chi connectivity index (χ3n) is 2.49. The van der Waals surface area contributed by atoms with Crippen molar-refractivity contribution >= 4 is 5.91 Å². The van der Waals surface area contributed by atoms with Crippen LogP contribution in [0.4, 0.5) is 0 Å². The van der Waals surface area contributed by atoms with Crippen LogP contribution in [0.5, 0.6) is 0 Å². The number of nitriles is 1. The molecule has 1 amide bonds. The molecule has 1 saturated heterocycles. The van der Waals surface area contributed by atoms with Crippen molar-refractivity contribution in [2.24, 2.45) is 5.92 Å². The fraction of sp³-hybridized carbons (Fsp3) is 0.667. The lowest BCUT2D eigenvalue weighted by atomic mass is 10.1. The first-order valence-electron chi connectivity index (χ1n) is 5.56. The van der Waals surface area contributed by atoms with E-state index in [9.17, 15) is 4.79 Å². The number of likely N-dealkylation sites (tertiary alicyclic amines) is 1. The van der Waals surface area contributed by atoms with Gasteiger partial charge in [-0.25, -0.2) is 0 Å². The number of carbonyl (C=O) groups is 1. The maximum Gasteiger partial charge on any atom is 0.264 e. The number of piperidine rings is 1. The van der Waals surface area contributed by atoms with E-state index in [4.69, 9.17) is 5.26 Å². The minimum atomic E-state index is -0.0918. The molecule has 82 valence electrons. The van der Waals surface area contributed by atoms with Gasteiger partial charge >= 0.3 is 0 Å². The SMILES string of the molecule is CC(C)/C=C(\C#N)C(=O)N1CCCCC1. The molecule has 0 aliphatic carbocycles. The van der Waals surface area contributed by atoms with Gasteiger partial charge in [0.2, 0.25) is 0 Å². The first-order valence-corrected chi connectivity index (χ1v) is 5.56. The van der Waals surface area contributed by atoms with Crippen molar-refractivity contribution < 1.29 is 4.79 Å². The van der Waals surface area contributed by atoms with E-state index in [-0.39, 0.29) is 11.8 Å². The Morgan fingerprint density at radius 3 is 2.40 bits per heavy atom. The van der Waals surface area contributed by atoms with Crippen molar-refractivity contribution in [2.45, 2.75) is 33.1 Å². The molecule has 0 radical (unpaired) electrons. The van der Waals surface area contributed by atoms with Crippen molar-refractivity contribution in [2.75, 3.05) is 13.1 Å². The van der Waals surface area contributed by atoms with E-state index >= 15 is 0 Å². The number of hydrogen-bond acceptors (Lipinski definition) is 2. The van der Waals surface area contributed by atoms with Gasteiger partial charge in [0.05, 0.1) is 0 Å². The molecule has 1 fully saturated rings. The van der Waals surface area contributed by atoms with Crippen LogP contribution in [-0.4, -0.2) is 23.9 Å². The fourth-order valence-electron chi connectivity index (χ4n) is 1.76. The van der Waals surface area contributed by atoms with Crippen molar-refractivity contribution in [3.63, 3.8) is 0 Å². The van der Waals surface area contributed by atoms with Gasteiger partial charge in [0, 0.05) is 13.1 Å². The van der Waals surface area contributed by atoms with Gasteiger partial charge in [-0.05, 0) is 25.2 Å². The molecule has 1 heterocycles. The van der Waals surface area contributed by atoms with E-state index < -0.39 is 0 Å². The number of carbonyl (C=O) groups excluding carboxylic acids is 1. The number of hydrogen-bond donors (Lipinski definition) is 0. The van der Waals surface area contributed by atoms with Gasteiger partial charge in [-0.3, -0.25) is 4.79 Å². The zero-order valence-corrected chi connectivity index (χ0v) is 9.49. The van der Waals surface area contributed by atoms with E-state index in [0.717, 1.165) is 25.9 Å². The van der Waals surface area contributed by atoms with Crippen molar-refractivity contribution in [1.29, 1.82) is 5.26 Å². The second kappa shape index (κ2) is 5.55. The molecule has 0 unspecified atom stereocenters. The lowest BCUT2D eigenvalue weighted by Gasteiger charge is -2.26. The van der Waals surface area contributed by atoms with Crippen LogP contribution < -0.4 is 0 Å². The highest BCUT2D eigenvalue weighted by atomic mass is 16.2. The van der Waals surface area contributed by atoms with E-state index in [0.29, 0.717) is 5.57 Å². The Balaban J connectivity index is 2.68. The third-order valence-corrected chi connectivity index (χ3v) is 2.49. The topological polar surface area (TPSA) is 44.1 Å². The van der Waals surface area contributed by atoms with Crippen LogP contribution in [-0.2, 0) is 4.79 Å². The summed E-state index contributed by atoms with van der Waals surface area (Å²) in [7, 11) is 0. The maximum absolute atomic E-state index is 11.9. The molecule has 0 aromatic carbocycles. The van der Waals surface area contributed by atoms with E-state index in [1.165, 1.54) is 6.42 Å². The molecule has 0 aromatic heterocycles. The summed E-state index contributed by atoms with van der Waals surface area (Å²) in [5.41, 5.74) is 0.298. The molecule has 1 rings (SSSR count). The lowest BCUT2D eigenvalue weighted by Crippen LogP contribution is -2.36. The number of nitrogens with zero attached hydrogens (tertiary/aromatic N) is 2. The van der Waals surface area contributed by atoms with Gasteiger partial charge < -0.3 is 4.90 Å². The normalized spacial score (nSPS) is 17.7. The van der Waals surface area contributed by atoms with Crippen molar-refractivity contribution in [3.05, 3.63) is 11.6 Å². The van der Waals surface area contributed by atoms with Crippen LogP contribution in [0.1, 0.15) is 33.1 Å². The molecule has 0 aromatic rings. The first kappa shape index (κ1) is 11.8. The summed E-state index contributed by atoms with van der Waals surface area (Å²) in [6.45, 7) is 5.55. The van der Waals surface area contributed by atoms with E-state index in [1.54, 1.807) is 11.0 Å². The summed E-state index contributed by atoms with van der Waals surface area (Å²) in [6.07, 6.45) is 5.06. The molecular formula is C12H18N2O. The van der Waals surface area contributed by atoms with E-state index in [2.05, 4.69) is 0 Å². The molecule has 3 nitrogen and oxygen atoms in total. The molecule has 0 saturated carbocycles. The molecule has 3 heteroatoms. The predicted molar refractivity (Wildman–Crippen MR) is 59.0 cm³/mol. The van der Waals surface area contributed by atoms with Gasteiger partial charge in [0.15, 0.2) is 0 Å². The van der Waals surface area contributed by atoms with Crippen LogP contribution in [0.15, 0.2) is 11.6 Å². The minimum absolute atomic E-state index is 0.0918. The Labute approximate surface area is 91.4 Å². The summed E-state index contributed by atoms with van der Waals surface area (Å²) in [4.78, 5) is 13.7. The summed E-state index contributed by atoms with van der Waals surface area (Å²) in [5, 5.41) is 8.91. The van der Waals surface area contributed by atoms with Crippen molar-refractivity contribution in [1.82, 2.24) is 4.90 Å². The molecule has 1 aliphatic rings. The van der Waals surface area contributed by atoms with Crippen LogP contribution in [0.25, 0.3) is 0 Å². The second-order valence-electron chi connectivity index (χ2n) is 4.29. The quantitative estimate of drug-likeness (QED) is 0.513. The molecule has 0 N–H and O–H groups in total. The Kier molecular flexibility index (Phi) is 4.36. The average Bonchev–Trinajstić information content (AvgIpc) is 2.26. The van der Waals surface area contributed by atoms with Gasteiger partial charge in [-0.2, -0.15) is 5.26 Å². The van der Waals surface area contributed by atoms with Gasteiger partial charge in [0.25, 0.3) is 5.91 Å². The Morgan fingerprint density at radius 2 is 1.93 bits per heavy atom. The highest BCUT2D eigenvalue weighted by molar-refractivity contribution is 5.97. The largest absolute Gasteiger partial charge is 0.338 e. The smallest absolute Gasteiger partial charge is 0.264 e. The second-order valence-corrected chi connectivity index (χ2v) is 4.29. The molecule has 0 bridgehead atoms. The summed E-state index contributed by atoms with van der Waals surface area (Å²) in [6, 6.07) is 2.00. The summed E-state index contributed by atoms with van der Waals surface area (Å²) >= 11 is 0. The molecular weight excluding hydrogens is 188 g/mol. The van der Waals surface area contributed by atoms with Gasteiger partial charge in [-0.1, -0.05) is 19.9 Å². The maximum atomic E-state index is 11.9. The summed E-state index contributed by atoms with van der Waals surface area (Å²) in [5.74, 6) is 0.152. The lowest BCUT2D eigenvalue weighted by molar-refractivity contribution is -0.127. The average molecular weight is 206 g/mol. The van der Waals surface area contributed by atoms with Crippen LogP contribution >= 0.6 is 0 Å². The number of allylic oxidation sites excluding steroid dienone is 1. The highest BCUT2D eigenvalue weighted by Crippen LogP contribution is 2.13. The van der Waals surface area contributed by atoms with Crippen LogP contribution in [0.3, 0.4) is 0 Å². The first-order chi connectivity index (χ1) is 7.15. The van der Waals surface area contributed by atoms with Crippen molar-refractivity contribution in [3.8, 4) is 6.07 Å². The fourth-order valence-corrected chi connectivity index (χ4v) is 1.76. The molecule has 15 heavy (non-hydrogen) atoms. The van der Waals surface area contributed by atoms with Crippen LogP contribution in [0, 0.1) is 17.2 Å². The standard InChI is InChI=1S/C12H18N2O/c1-10(2)8-11(9-13)12(15)14-6-4-3-5-7-14/h8,10H,3-7H2,1-2H3/b11-8+. The zero-order chi connectivity index (χ0) is 11.3. The Morgan fingerprint density at radius 1 is 1.33 bits per heavy atom. The van der Waals surface area contributed by atoms with E-state index in [1.807, 2.05) is 19.9 Å². The highest BCUT2D eigenvalue weighted by Gasteiger charge is 2.19. The number of amides is 1. The number of rotatable bonds is 2. The Bertz CT molecular complexity index is 293. The minimum Gasteiger partial charge on any atom is -0.338 e. The molecule has 0 spiro atoms. The monoisotopic (exact) mass is 206 g/mol. The zero-order valence-electron chi connectivity index (χ0n) is 9.49. The molecule has 1 aliphatic heterocycles. The predicted octanol–water partition coefficient (Wildman–Crippen LogP) is 2.10. The third kappa shape index (κ3) is 3.39. The summed E-state index contributed by atoms with van der Waals surface area (Å²) < 4.78 is 0. The van der Waals surface area contributed by atoms with Gasteiger partial charge in [-0.15, -0.1) is 0 Å². The van der Waals surface area contributed by atoms with Crippen LogP contribution in [0.2, 0.25) is 0 Å². The Hall–Kier alpha value is -1.30.